The van der Waals surface area contributed by atoms with Crippen molar-refractivity contribution in [2.24, 2.45) is 11.8 Å². The number of hydrogen-bond acceptors (Lipinski definition) is 4. The molecule has 152 valence electrons. The molecule has 1 aliphatic heterocycles. The minimum atomic E-state index is -3.65. The molecule has 0 spiro atoms. The number of nitrogens with zero attached hydrogens (tertiary/aromatic N) is 1. The number of aliphatic carboxylic acids is 1. The fraction of sp³-hybridized carbons (Fsp3) is 0.632. The molecule has 0 radical (unpaired) electrons. The number of hydrogen-bond donors (Lipinski definition) is 2. The number of carbonyl (C=O) groups is 1. The van der Waals surface area contributed by atoms with E-state index in [1.165, 1.54) is 4.31 Å². The van der Waals surface area contributed by atoms with Crippen LogP contribution >= 0.6 is 0 Å². The van der Waals surface area contributed by atoms with Gasteiger partial charge in [-0.15, -0.1) is 0 Å². The van der Waals surface area contributed by atoms with E-state index in [2.05, 4.69) is 18.6 Å². The second-order valence-corrected chi connectivity index (χ2v) is 9.11. The molecule has 1 aliphatic rings. The lowest BCUT2D eigenvalue weighted by Gasteiger charge is -2.29. The predicted octanol–water partition coefficient (Wildman–Crippen LogP) is 2.29. The number of piperidine rings is 1. The van der Waals surface area contributed by atoms with Crippen LogP contribution in [0.15, 0.2) is 24.3 Å². The third kappa shape index (κ3) is 7.12. The van der Waals surface area contributed by atoms with Crippen LogP contribution in [0.1, 0.15) is 38.7 Å². The Morgan fingerprint density at radius 2 is 2.04 bits per heavy atom. The monoisotopic (exact) mass is 398 g/mol. The summed E-state index contributed by atoms with van der Waals surface area (Å²) in [7, 11) is -3.65. The van der Waals surface area contributed by atoms with Gasteiger partial charge in [-0.3, -0.25) is 4.79 Å². The van der Waals surface area contributed by atoms with Crippen molar-refractivity contribution in [3.8, 4) is 5.75 Å². The van der Waals surface area contributed by atoms with Crippen LogP contribution in [-0.4, -0.2) is 50.0 Å². The minimum Gasteiger partial charge on any atom is -0.494 e. The van der Waals surface area contributed by atoms with E-state index in [1.807, 2.05) is 24.3 Å². The zero-order valence-corrected chi connectivity index (χ0v) is 16.9. The SMILES string of the molecule is CC(C)CCOc1ccc(CCNS(=O)(=O)N2CCCC(C(=O)O)C2)cc1. The Morgan fingerprint density at radius 3 is 2.67 bits per heavy atom. The number of benzene rings is 1. The summed E-state index contributed by atoms with van der Waals surface area (Å²) in [6, 6.07) is 7.65. The van der Waals surface area contributed by atoms with E-state index in [0.29, 0.717) is 38.3 Å². The summed E-state index contributed by atoms with van der Waals surface area (Å²) < 4.78 is 34.2. The van der Waals surface area contributed by atoms with Crippen molar-refractivity contribution in [2.75, 3.05) is 26.2 Å². The van der Waals surface area contributed by atoms with Gasteiger partial charge in [0.2, 0.25) is 0 Å². The molecule has 0 saturated carbocycles. The Balaban J connectivity index is 1.78. The van der Waals surface area contributed by atoms with Crippen LogP contribution in [0.4, 0.5) is 0 Å². The van der Waals surface area contributed by atoms with E-state index in [4.69, 9.17) is 9.84 Å². The minimum absolute atomic E-state index is 0.0348. The molecule has 0 bridgehead atoms. The molecule has 1 fully saturated rings. The van der Waals surface area contributed by atoms with Gasteiger partial charge in [-0.25, -0.2) is 4.72 Å². The van der Waals surface area contributed by atoms with Gasteiger partial charge in [-0.2, -0.15) is 12.7 Å². The van der Waals surface area contributed by atoms with E-state index in [9.17, 15) is 13.2 Å². The number of nitrogens with one attached hydrogen (secondary N) is 1. The van der Waals surface area contributed by atoms with Crippen molar-refractivity contribution in [3.63, 3.8) is 0 Å². The zero-order chi connectivity index (χ0) is 19.9. The van der Waals surface area contributed by atoms with Crippen LogP contribution in [0.5, 0.6) is 5.75 Å². The second-order valence-electron chi connectivity index (χ2n) is 7.36. The van der Waals surface area contributed by atoms with Gasteiger partial charge in [-0.1, -0.05) is 26.0 Å². The lowest BCUT2D eigenvalue weighted by molar-refractivity contribution is -0.142. The third-order valence-corrected chi connectivity index (χ3v) is 6.24. The Kier molecular flexibility index (Phi) is 8.07. The molecule has 1 heterocycles. The van der Waals surface area contributed by atoms with Gasteiger partial charge in [-0.05, 0) is 49.3 Å². The van der Waals surface area contributed by atoms with Gasteiger partial charge < -0.3 is 9.84 Å². The molecule has 0 amide bonds. The Hall–Kier alpha value is -1.64. The Morgan fingerprint density at radius 1 is 1.33 bits per heavy atom. The van der Waals surface area contributed by atoms with Gasteiger partial charge in [0, 0.05) is 19.6 Å². The van der Waals surface area contributed by atoms with Gasteiger partial charge >= 0.3 is 5.97 Å². The summed E-state index contributed by atoms with van der Waals surface area (Å²) >= 11 is 0. The highest BCUT2D eigenvalue weighted by molar-refractivity contribution is 7.87. The Labute approximate surface area is 161 Å². The molecule has 1 unspecified atom stereocenters. The van der Waals surface area contributed by atoms with Crippen molar-refractivity contribution in [2.45, 2.75) is 39.5 Å². The first kappa shape index (κ1) is 21.7. The third-order valence-electron chi connectivity index (χ3n) is 4.66. The molecule has 1 saturated heterocycles. The summed E-state index contributed by atoms with van der Waals surface area (Å²) in [4.78, 5) is 11.1. The highest BCUT2D eigenvalue weighted by Crippen LogP contribution is 2.19. The average molecular weight is 399 g/mol. The standard InChI is InChI=1S/C19H30N2O5S/c1-15(2)10-13-26-18-7-5-16(6-8-18)9-11-20-27(24,25)21-12-3-4-17(14-21)19(22)23/h5-8,15,17,20H,3-4,9-14H2,1-2H3,(H,22,23). The van der Waals surface area contributed by atoms with Crippen molar-refractivity contribution >= 4 is 16.2 Å². The van der Waals surface area contributed by atoms with Crippen molar-refractivity contribution < 1.29 is 23.1 Å². The van der Waals surface area contributed by atoms with Gasteiger partial charge in [0.25, 0.3) is 10.2 Å². The molecule has 2 N–H and O–H groups in total. The quantitative estimate of drug-likeness (QED) is 0.630. The van der Waals surface area contributed by atoms with Crippen LogP contribution in [0.25, 0.3) is 0 Å². The lowest BCUT2D eigenvalue weighted by atomic mass is 10.0. The summed E-state index contributed by atoms with van der Waals surface area (Å²) in [5.41, 5.74) is 1.01. The second kappa shape index (κ2) is 10.1. The first-order chi connectivity index (χ1) is 12.8. The summed E-state index contributed by atoms with van der Waals surface area (Å²) in [6.07, 6.45) is 2.65. The summed E-state index contributed by atoms with van der Waals surface area (Å²) in [5.74, 6) is -0.153. The van der Waals surface area contributed by atoms with Crippen molar-refractivity contribution in [1.29, 1.82) is 0 Å². The number of rotatable bonds is 10. The van der Waals surface area contributed by atoms with Crippen molar-refractivity contribution in [3.05, 3.63) is 29.8 Å². The Bertz CT molecular complexity index is 703. The van der Waals surface area contributed by atoms with Crippen LogP contribution in [0.2, 0.25) is 0 Å². The first-order valence-corrected chi connectivity index (χ1v) is 10.9. The molecular weight excluding hydrogens is 368 g/mol. The lowest BCUT2D eigenvalue weighted by Crippen LogP contribution is -2.47. The molecule has 1 aromatic rings. The topological polar surface area (TPSA) is 95.9 Å². The van der Waals surface area contributed by atoms with E-state index < -0.39 is 22.1 Å². The summed E-state index contributed by atoms with van der Waals surface area (Å²) in [5, 5.41) is 9.10. The zero-order valence-electron chi connectivity index (χ0n) is 16.1. The molecule has 0 aliphatic carbocycles. The number of carboxylic acids is 1. The number of carboxylic acid groups (broad SMARTS) is 1. The van der Waals surface area contributed by atoms with E-state index in [0.717, 1.165) is 17.7 Å². The highest BCUT2D eigenvalue weighted by atomic mass is 32.2. The fourth-order valence-corrected chi connectivity index (χ4v) is 4.23. The van der Waals surface area contributed by atoms with E-state index in [-0.39, 0.29) is 13.1 Å². The molecule has 27 heavy (non-hydrogen) atoms. The van der Waals surface area contributed by atoms with Crippen molar-refractivity contribution in [1.82, 2.24) is 9.03 Å². The van der Waals surface area contributed by atoms with E-state index in [1.54, 1.807) is 0 Å². The molecule has 8 heteroatoms. The van der Waals surface area contributed by atoms with Gasteiger partial charge in [0.1, 0.15) is 5.75 Å². The predicted molar refractivity (Wildman–Crippen MR) is 104 cm³/mol. The normalized spacial score (nSPS) is 18.6. The molecule has 0 aromatic heterocycles. The van der Waals surface area contributed by atoms with Crippen LogP contribution in [-0.2, 0) is 21.4 Å². The van der Waals surface area contributed by atoms with Crippen LogP contribution < -0.4 is 9.46 Å². The molecule has 2 rings (SSSR count). The molecule has 7 nitrogen and oxygen atoms in total. The molecular formula is C19H30N2O5S. The summed E-state index contributed by atoms with van der Waals surface area (Å²) in [6.45, 7) is 5.65. The van der Waals surface area contributed by atoms with Gasteiger partial charge in [0.05, 0.1) is 12.5 Å². The average Bonchev–Trinajstić information content (AvgIpc) is 2.63. The van der Waals surface area contributed by atoms with Crippen LogP contribution in [0.3, 0.4) is 0 Å². The number of ether oxygens (including phenoxy) is 1. The first-order valence-electron chi connectivity index (χ1n) is 9.47. The smallest absolute Gasteiger partial charge is 0.307 e. The van der Waals surface area contributed by atoms with Crippen LogP contribution in [0, 0.1) is 11.8 Å². The maximum Gasteiger partial charge on any atom is 0.307 e. The maximum atomic E-state index is 12.4. The molecule has 1 atom stereocenters. The molecule has 1 aromatic carbocycles. The van der Waals surface area contributed by atoms with Gasteiger partial charge in [0.15, 0.2) is 0 Å². The largest absolute Gasteiger partial charge is 0.494 e. The maximum absolute atomic E-state index is 12.4. The fourth-order valence-electron chi connectivity index (χ4n) is 2.94. The highest BCUT2D eigenvalue weighted by Gasteiger charge is 2.31. The van der Waals surface area contributed by atoms with E-state index >= 15 is 0 Å².